The van der Waals surface area contributed by atoms with Crippen molar-refractivity contribution >= 4 is 5.82 Å². The molecule has 20 heavy (non-hydrogen) atoms. The van der Waals surface area contributed by atoms with Crippen LogP contribution < -0.4 is 5.32 Å². The van der Waals surface area contributed by atoms with Gasteiger partial charge in [-0.25, -0.2) is 15.0 Å². The van der Waals surface area contributed by atoms with Crippen molar-refractivity contribution < 1.29 is 0 Å². The van der Waals surface area contributed by atoms with Crippen LogP contribution in [0.15, 0.2) is 6.33 Å². The summed E-state index contributed by atoms with van der Waals surface area (Å²) in [7, 11) is 0. The summed E-state index contributed by atoms with van der Waals surface area (Å²) in [4.78, 5) is 13.7. The Balaban J connectivity index is 2.12. The molecule has 5 nitrogen and oxygen atoms in total. The number of aromatic nitrogens is 4. The van der Waals surface area contributed by atoms with E-state index in [0.29, 0.717) is 0 Å². The van der Waals surface area contributed by atoms with Gasteiger partial charge in [0.25, 0.3) is 0 Å². The third kappa shape index (κ3) is 2.17. The van der Waals surface area contributed by atoms with Gasteiger partial charge in [0.2, 0.25) is 0 Å². The largest absolute Gasteiger partial charge is 0.370 e. The third-order valence-corrected chi connectivity index (χ3v) is 3.83. The fourth-order valence-corrected chi connectivity index (χ4v) is 2.84. The lowest BCUT2D eigenvalue weighted by Crippen LogP contribution is -2.12. The molecule has 1 N–H and O–H groups in total. The number of fused-ring (bicyclic) bond motifs is 1. The minimum Gasteiger partial charge on any atom is -0.370 e. The second kappa shape index (κ2) is 5.23. The zero-order valence-corrected chi connectivity index (χ0v) is 12.4. The average Bonchev–Trinajstić information content (AvgIpc) is 2.86. The van der Waals surface area contributed by atoms with Crippen molar-refractivity contribution in [2.24, 2.45) is 0 Å². The fraction of sp³-hybridized carbons (Fsp3) is 0.533. The molecule has 2 aromatic rings. The van der Waals surface area contributed by atoms with E-state index in [1.54, 1.807) is 0 Å². The van der Waals surface area contributed by atoms with E-state index in [2.05, 4.69) is 38.7 Å². The molecule has 0 amide bonds. The number of hydrogen-bond donors (Lipinski definition) is 1. The van der Waals surface area contributed by atoms with E-state index in [0.717, 1.165) is 42.4 Å². The second-order valence-electron chi connectivity index (χ2n) is 5.31. The maximum absolute atomic E-state index is 4.64. The molecular weight excluding hydrogens is 250 g/mol. The fourth-order valence-electron chi connectivity index (χ4n) is 2.84. The first-order valence-electron chi connectivity index (χ1n) is 7.35. The Morgan fingerprint density at radius 1 is 1.20 bits per heavy atom. The smallest absolute Gasteiger partial charge is 0.146 e. The van der Waals surface area contributed by atoms with E-state index in [9.17, 15) is 0 Å². The van der Waals surface area contributed by atoms with Gasteiger partial charge in [-0.2, -0.15) is 0 Å². The zero-order valence-electron chi connectivity index (χ0n) is 12.4. The van der Waals surface area contributed by atoms with E-state index < -0.39 is 0 Å². The Bertz CT molecular complexity index is 629. The summed E-state index contributed by atoms with van der Waals surface area (Å²) in [5.41, 5.74) is 3.64. The van der Waals surface area contributed by atoms with Gasteiger partial charge in [-0.15, -0.1) is 0 Å². The quantitative estimate of drug-likeness (QED) is 0.932. The topological polar surface area (TPSA) is 55.6 Å². The van der Waals surface area contributed by atoms with Gasteiger partial charge >= 0.3 is 0 Å². The van der Waals surface area contributed by atoms with Crippen LogP contribution in [0.5, 0.6) is 0 Å². The molecule has 3 rings (SSSR count). The van der Waals surface area contributed by atoms with Gasteiger partial charge in [-0.1, -0.05) is 0 Å². The molecule has 0 radical (unpaired) electrons. The molecule has 2 aromatic heterocycles. The number of nitrogens with one attached hydrogen (secondary N) is 1. The van der Waals surface area contributed by atoms with E-state index >= 15 is 0 Å². The van der Waals surface area contributed by atoms with Crippen molar-refractivity contribution in [2.45, 2.75) is 46.5 Å². The van der Waals surface area contributed by atoms with Crippen LogP contribution in [0.1, 0.15) is 42.5 Å². The van der Waals surface area contributed by atoms with Crippen molar-refractivity contribution in [3.05, 3.63) is 29.1 Å². The molecule has 106 valence electrons. The lowest BCUT2D eigenvalue weighted by Gasteiger charge is -2.17. The van der Waals surface area contributed by atoms with Crippen molar-refractivity contribution in [2.75, 3.05) is 11.9 Å². The molecule has 0 atom stereocenters. The Labute approximate surface area is 119 Å². The molecule has 0 saturated heterocycles. The number of imidazole rings is 1. The maximum Gasteiger partial charge on any atom is 0.146 e. The van der Waals surface area contributed by atoms with Crippen LogP contribution in [-0.4, -0.2) is 26.1 Å². The number of nitrogens with zero attached hydrogens (tertiary/aromatic N) is 4. The lowest BCUT2D eigenvalue weighted by molar-refractivity contribution is 0.653. The molecule has 0 aliphatic heterocycles. The summed E-state index contributed by atoms with van der Waals surface area (Å²) in [5, 5.41) is 3.31. The van der Waals surface area contributed by atoms with Gasteiger partial charge in [0.05, 0.1) is 5.69 Å². The molecule has 1 aliphatic rings. The molecular formula is C15H21N5. The molecule has 0 unspecified atom stereocenters. The number of aryl methyl sites for hydroxylation is 2. The SMILES string of the molecule is CCNc1nc(C)nc(-n2cnc3c2CCCC3)c1C. The molecule has 0 bridgehead atoms. The van der Waals surface area contributed by atoms with Crippen LogP contribution in [0, 0.1) is 13.8 Å². The summed E-state index contributed by atoms with van der Waals surface area (Å²) in [5.74, 6) is 2.68. The molecule has 2 heterocycles. The number of rotatable bonds is 3. The highest BCUT2D eigenvalue weighted by atomic mass is 15.2. The van der Waals surface area contributed by atoms with E-state index in [1.165, 1.54) is 24.2 Å². The van der Waals surface area contributed by atoms with E-state index in [1.807, 2.05) is 13.3 Å². The zero-order chi connectivity index (χ0) is 14.1. The lowest BCUT2D eigenvalue weighted by atomic mass is 10.0. The normalized spacial score (nSPS) is 14.2. The predicted molar refractivity (Wildman–Crippen MR) is 79.4 cm³/mol. The summed E-state index contributed by atoms with van der Waals surface area (Å²) in [6.07, 6.45) is 6.58. The van der Waals surface area contributed by atoms with Gasteiger partial charge in [-0.05, 0) is 46.5 Å². The van der Waals surface area contributed by atoms with Crippen molar-refractivity contribution in [1.29, 1.82) is 0 Å². The van der Waals surface area contributed by atoms with Gasteiger partial charge in [0.1, 0.15) is 23.8 Å². The minimum absolute atomic E-state index is 0.791. The van der Waals surface area contributed by atoms with Crippen molar-refractivity contribution in [3.8, 4) is 5.82 Å². The van der Waals surface area contributed by atoms with Gasteiger partial charge in [0.15, 0.2) is 0 Å². The van der Waals surface area contributed by atoms with Crippen LogP contribution in [-0.2, 0) is 12.8 Å². The first-order valence-corrected chi connectivity index (χ1v) is 7.35. The van der Waals surface area contributed by atoms with Crippen molar-refractivity contribution in [3.63, 3.8) is 0 Å². The Morgan fingerprint density at radius 2 is 2.00 bits per heavy atom. The molecule has 0 saturated carbocycles. The summed E-state index contributed by atoms with van der Waals surface area (Å²) in [6, 6.07) is 0. The van der Waals surface area contributed by atoms with Crippen LogP contribution in [0.4, 0.5) is 5.82 Å². The van der Waals surface area contributed by atoms with Gasteiger partial charge in [0, 0.05) is 17.8 Å². The summed E-state index contributed by atoms with van der Waals surface area (Å²) < 4.78 is 2.15. The van der Waals surface area contributed by atoms with Crippen LogP contribution >= 0.6 is 0 Å². The Morgan fingerprint density at radius 3 is 2.80 bits per heavy atom. The highest BCUT2D eigenvalue weighted by molar-refractivity contribution is 5.52. The average molecular weight is 271 g/mol. The van der Waals surface area contributed by atoms with Gasteiger partial charge in [-0.3, -0.25) is 4.57 Å². The first-order chi connectivity index (χ1) is 9.70. The second-order valence-corrected chi connectivity index (χ2v) is 5.31. The van der Waals surface area contributed by atoms with Crippen LogP contribution in [0.3, 0.4) is 0 Å². The summed E-state index contributed by atoms with van der Waals surface area (Å²) in [6.45, 7) is 6.95. The summed E-state index contributed by atoms with van der Waals surface area (Å²) >= 11 is 0. The highest BCUT2D eigenvalue weighted by Crippen LogP contribution is 2.25. The molecule has 0 aromatic carbocycles. The standard InChI is InChI=1S/C15H21N5/c1-4-16-14-10(2)15(19-11(3)18-14)20-9-17-12-7-5-6-8-13(12)20/h9H,4-8H2,1-3H3,(H,16,18,19). The molecule has 5 heteroatoms. The third-order valence-electron chi connectivity index (χ3n) is 3.83. The molecule has 1 aliphatic carbocycles. The minimum atomic E-state index is 0.791. The van der Waals surface area contributed by atoms with E-state index in [4.69, 9.17) is 0 Å². The van der Waals surface area contributed by atoms with Gasteiger partial charge < -0.3 is 5.32 Å². The Kier molecular flexibility index (Phi) is 3.42. The maximum atomic E-state index is 4.64. The molecule has 0 spiro atoms. The van der Waals surface area contributed by atoms with Crippen molar-refractivity contribution in [1.82, 2.24) is 19.5 Å². The highest BCUT2D eigenvalue weighted by Gasteiger charge is 2.19. The molecule has 0 fully saturated rings. The van der Waals surface area contributed by atoms with Crippen LogP contribution in [0.2, 0.25) is 0 Å². The predicted octanol–water partition coefficient (Wildman–Crippen LogP) is 2.59. The van der Waals surface area contributed by atoms with E-state index in [-0.39, 0.29) is 0 Å². The number of hydrogen-bond acceptors (Lipinski definition) is 4. The first kappa shape index (κ1) is 13.1. The Hall–Kier alpha value is -1.91. The monoisotopic (exact) mass is 271 g/mol. The van der Waals surface area contributed by atoms with Crippen LogP contribution in [0.25, 0.3) is 5.82 Å². The number of anilines is 1.